The number of aldehydes is 1. The van der Waals surface area contributed by atoms with Gasteiger partial charge < -0.3 is 20.2 Å². The summed E-state index contributed by atoms with van der Waals surface area (Å²) in [6, 6.07) is 12.5. The molecule has 1 aromatic heterocycles. The lowest BCUT2D eigenvalue weighted by Gasteiger charge is -2.07. The Hall–Kier alpha value is -2.82. The van der Waals surface area contributed by atoms with Crippen LogP contribution in [0.25, 0.3) is 22.4 Å². The average Bonchev–Trinajstić information content (AvgIpc) is 2.82. The van der Waals surface area contributed by atoms with Gasteiger partial charge >= 0.3 is 0 Å². The first-order valence-electron chi connectivity index (χ1n) is 6.18. The fourth-order valence-electron chi connectivity index (χ4n) is 2.25. The lowest BCUT2D eigenvalue weighted by Crippen LogP contribution is -2.01. The Morgan fingerprint density at radius 1 is 1.25 bits per heavy atom. The van der Waals surface area contributed by atoms with Crippen LogP contribution in [0.2, 0.25) is 0 Å². The molecule has 0 aliphatic heterocycles. The molecule has 0 aliphatic rings. The number of fused-ring (bicyclic) bond motifs is 1. The van der Waals surface area contributed by atoms with Crippen molar-refractivity contribution in [3.63, 3.8) is 0 Å². The number of hydrogen-bond donors (Lipinski definition) is 2. The minimum Gasteiger partial charge on any atom is -0.506 e. The van der Waals surface area contributed by atoms with Crippen molar-refractivity contribution >= 4 is 23.0 Å². The molecule has 3 aromatic rings. The summed E-state index contributed by atoms with van der Waals surface area (Å²) in [5.41, 5.74) is 8.47. The number of anilines is 1. The minimum absolute atomic E-state index is 0.0341. The number of nitrogens with two attached hydrogens (primary N) is 1. The SMILES string of the molecule is Nc1cc(-c2nc3ccccc3n2CC=O)ccc1O. The van der Waals surface area contributed by atoms with Gasteiger partial charge in [-0.1, -0.05) is 12.1 Å². The van der Waals surface area contributed by atoms with Gasteiger partial charge in [0.05, 0.1) is 23.3 Å². The molecule has 0 aliphatic carbocycles. The molecular weight excluding hydrogens is 254 g/mol. The van der Waals surface area contributed by atoms with Crippen molar-refractivity contribution in [2.75, 3.05) is 5.73 Å². The van der Waals surface area contributed by atoms with Crippen molar-refractivity contribution in [2.24, 2.45) is 0 Å². The summed E-state index contributed by atoms with van der Waals surface area (Å²) in [6.45, 7) is 0.219. The Balaban J connectivity index is 2.26. The third-order valence-electron chi connectivity index (χ3n) is 3.20. The molecule has 0 amide bonds. The molecule has 100 valence electrons. The summed E-state index contributed by atoms with van der Waals surface area (Å²) in [7, 11) is 0. The van der Waals surface area contributed by atoms with Gasteiger partial charge in [0.2, 0.25) is 0 Å². The fraction of sp³-hybridized carbons (Fsp3) is 0.0667. The number of aromatic hydroxyl groups is 1. The van der Waals surface area contributed by atoms with E-state index >= 15 is 0 Å². The summed E-state index contributed by atoms with van der Waals surface area (Å²) < 4.78 is 1.83. The Bertz CT molecular complexity index is 793. The zero-order valence-corrected chi connectivity index (χ0v) is 10.7. The molecule has 2 aromatic carbocycles. The van der Waals surface area contributed by atoms with Gasteiger partial charge in [0.15, 0.2) is 0 Å². The van der Waals surface area contributed by atoms with E-state index in [1.165, 1.54) is 6.07 Å². The van der Waals surface area contributed by atoms with Crippen molar-refractivity contribution in [3.8, 4) is 17.1 Å². The van der Waals surface area contributed by atoms with E-state index in [0.29, 0.717) is 5.82 Å². The molecule has 3 N–H and O–H groups in total. The van der Waals surface area contributed by atoms with Crippen LogP contribution in [0, 0.1) is 0 Å². The number of hydrogen-bond acceptors (Lipinski definition) is 4. The number of imidazole rings is 1. The van der Waals surface area contributed by atoms with Crippen LogP contribution in [0.5, 0.6) is 5.75 Å². The van der Waals surface area contributed by atoms with Crippen molar-refractivity contribution < 1.29 is 9.90 Å². The molecule has 0 fully saturated rings. The molecule has 5 nitrogen and oxygen atoms in total. The number of carbonyl (C=O) groups is 1. The van der Waals surface area contributed by atoms with Crippen LogP contribution in [0.4, 0.5) is 5.69 Å². The van der Waals surface area contributed by atoms with E-state index in [1.54, 1.807) is 12.1 Å². The fourth-order valence-corrected chi connectivity index (χ4v) is 2.25. The lowest BCUT2D eigenvalue weighted by atomic mass is 10.2. The van der Waals surface area contributed by atoms with Crippen LogP contribution in [0.1, 0.15) is 0 Å². The summed E-state index contributed by atoms with van der Waals surface area (Å²) in [4.78, 5) is 15.4. The third kappa shape index (κ3) is 1.89. The van der Waals surface area contributed by atoms with E-state index in [0.717, 1.165) is 22.9 Å². The highest BCUT2D eigenvalue weighted by Crippen LogP contribution is 2.29. The maximum Gasteiger partial charge on any atom is 0.141 e. The molecule has 0 radical (unpaired) electrons. The second kappa shape index (κ2) is 4.70. The molecular formula is C15H13N3O2. The Labute approximate surface area is 115 Å². The first-order valence-corrected chi connectivity index (χ1v) is 6.18. The standard InChI is InChI=1S/C15H13N3O2/c16-11-9-10(5-6-14(11)20)15-17-12-3-1-2-4-13(12)18(15)7-8-19/h1-6,8-9,20H,7,16H2. The molecule has 5 heteroatoms. The molecule has 0 atom stereocenters. The van der Waals surface area contributed by atoms with Crippen LogP contribution >= 0.6 is 0 Å². The van der Waals surface area contributed by atoms with E-state index in [2.05, 4.69) is 4.98 Å². The van der Waals surface area contributed by atoms with Crippen molar-refractivity contribution in [1.82, 2.24) is 9.55 Å². The molecule has 0 unspecified atom stereocenters. The maximum atomic E-state index is 10.9. The van der Waals surface area contributed by atoms with Crippen LogP contribution in [-0.2, 0) is 11.3 Å². The largest absolute Gasteiger partial charge is 0.506 e. The summed E-state index contributed by atoms with van der Waals surface area (Å²) in [6.07, 6.45) is 0.835. The number of nitrogen functional groups attached to an aromatic ring is 1. The predicted molar refractivity (Wildman–Crippen MR) is 77.3 cm³/mol. The number of rotatable bonds is 3. The van der Waals surface area contributed by atoms with E-state index < -0.39 is 0 Å². The van der Waals surface area contributed by atoms with Gasteiger partial charge in [0, 0.05) is 5.56 Å². The normalized spacial score (nSPS) is 10.8. The Morgan fingerprint density at radius 3 is 2.80 bits per heavy atom. The number of carbonyl (C=O) groups excluding carboxylic acids is 1. The Morgan fingerprint density at radius 2 is 2.05 bits per heavy atom. The van der Waals surface area contributed by atoms with E-state index in [4.69, 9.17) is 5.73 Å². The monoisotopic (exact) mass is 267 g/mol. The second-order valence-electron chi connectivity index (χ2n) is 4.47. The summed E-state index contributed by atoms with van der Waals surface area (Å²) >= 11 is 0. The molecule has 20 heavy (non-hydrogen) atoms. The number of phenols is 1. The zero-order valence-electron chi connectivity index (χ0n) is 10.7. The van der Waals surface area contributed by atoms with Gasteiger partial charge in [0.25, 0.3) is 0 Å². The number of para-hydroxylation sites is 2. The molecule has 3 rings (SSSR count). The summed E-state index contributed by atoms with van der Waals surface area (Å²) in [5.74, 6) is 0.691. The quantitative estimate of drug-likeness (QED) is 0.433. The molecule has 1 heterocycles. The van der Waals surface area contributed by atoms with Gasteiger partial charge in [-0.05, 0) is 30.3 Å². The van der Waals surface area contributed by atoms with Crippen LogP contribution in [-0.4, -0.2) is 20.9 Å². The number of aromatic nitrogens is 2. The van der Waals surface area contributed by atoms with Crippen LogP contribution in [0.15, 0.2) is 42.5 Å². The molecule has 0 bridgehead atoms. The highest BCUT2D eigenvalue weighted by atomic mass is 16.3. The van der Waals surface area contributed by atoms with Gasteiger partial charge in [-0.25, -0.2) is 4.98 Å². The van der Waals surface area contributed by atoms with Gasteiger partial charge in [-0.2, -0.15) is 0 Å². The second-order valence-corrected chi connectivity index (χ2v) is 4.47. The van der Waals surface area contributed by atoms with Gasteiger partial charge in [-0.3, -0.25) is 0 Å². The first kappa shape index (κ1) is 12.2. The minimum atomic E-state index is 0.0341. The van der Waals surface area contributed by atoms with Crippen LogP contribution < -0.4 is 5.73 Å². The van der Waals surface area contributed by atoms with Crippen molar-refractivity contribution in [2.45, 2.75) is 6.54 Å². The van der Waals surface area contributed by atoms with Gasteiger partial charge in [0.1, 0.15) is 17.9 Å². The van der Waals surface area contributed by atoms with Crippen LogP contribution in [0.3, 0.4) is 0 Å². The third-order valence-corrected chi connectivity index (χ3v) is 3.20. The topological polar surface area (TPSA) is 81.1 Å². The zero-order chi connectivity index (χ0) is 14.1. The number of nitrogens with zero attached hydrogens (tertiary/aromatic N) is 2. The number of benzene rings is 2. The molecule has 0 spiro atoms. The predicted octanol–water partition coefficient (Wildman–Crippen LogP) is 2.19. The van der Waals surface area contributed by atoms with E-state index in [1.807, 2.05) is 28.8 Å². The average molecular weight is 267 g/mol. The molecule has 0 saturated heterocycles. The van der Waals surface area contributed by atoms with E-state index in [9.17, 15) is 9.90 Å². The highest BCUT2D eigenvalue weighted by Gasteiger charge is 2.12. The smallest absolute Gasteiger partial charge is 0.141 e. The lowest BCUT2D eigenvalue weighted by molar-refractivity contribution is -0.108. The Kier molecular flexibility index (Phi) is 2.87. The van der Waals surface area contributed by atoms with Gasteiger partial charge in [-0.15, -0.1) is 0 Å². The van der Waals surface area contributed by atoms with Crippen molar-refractivity contribution in [3.05, 3.63) is 42.5 Å². The molecule has 0 saturated carbocycles. The van der Waals surface area contributed by atoms with E-state index in [-0.39, 0.29) is 18.0 Å². The first-order chi connectivity index (χ1) is 9.70. The maximum absolute atomic E-state index is 10.9. The number of phenolic OH excluding ortho intramolecular Hbond substituents is 1. The van der Waals surface area contributed by atoms with Crippen molar-refractivity contribution in [1.29, 1.82) is 0 Å². The summed E-state index contributed by atoms with van der Waals surface area (Å²) in [5, 5.41) is 9.49. The highest BCUT2D eigenvalue weighted by molar-refractivity contribution is 5.82.